The summed E-state index contributed by atoms with van der Waals surface area (Å²) in [7, 11) is 6.85. The molecule has 3 aliphatic rings. The molecule has 12 nitrogen and oxygen atoms in total. The van der Waals surface area contributed by atoms with E-state index < -0.39 is 58.0 Å². The first kappa shape index (κ1) is 27.5. The van der Waals surface area contributed by atoms with Gasteiger partial charge in [0.15, 0.2) is 17.0 Å². The Labute approximate surface area is 240 Å². The quantitative estimate of drug-likeness (QED) is 0.328. The lowest BCUT2D eigenvalue weighted by Crippen LogP contribution is -2.65. The Morgan fingerprint density at radius 2 is 1.93 bits per heavy atom. The predicted octanol–water partition coefficient (Wildman–Crippen LogP) is 2.23. The first-order valence-corrected chi connectivity index (χ1v) is 13.4. The van der Waals surface area contributed by atoms with Crippen LogP contribution in [0.25, 0.3) is 29.0 Å². The predicted molar refractivity (Wildman–Crippen MR) is 152 cm³/mol. The van der Waals surface area contributed by atoms with Crippen LogP contribution in [0.4, 0.5) is 5.69 Å². The summed E-state index contributed by atoms with van der Waals surface area (Å²) in [5.74, 6) is -5.42. The molecular weight excluding hydrogens is 544 g/mol. The lowest BCUT2D eigenvalue weighted by Gasteiger charge is -2.50. The van der Waals surface area contributed by atoms with Crippen LogP contribution in [-0.2, 0) is 20.8 Å². The lowest BCUT2D eigenvalue weighted by atomic mass is 9.57. The van der Waals surface area contributed by atoms with Gasteiger partial charge in [-0.05, 0) is 62.7 Å². The fourth-order valence-corrected chi connectivity index (χ4v) is 6.71. The van der Waals surface area contributed by atoms with Crippen molar-refractivity contribution < 1.29 is 38.5 Å². The Hall–Kier alpha value is -4.68. The number of Topliss-reactive ketones (excluding diaryl/α,β-unsaturated/α-hetero) is 2. The molecule has 1 saturated carbocycles. The second kappa shape index (κ2) is 9.43. The van der Waals surface area contributed by atoms with Crippen LogP contribution in [0.15, 0.2) is 50.2 Å². The van der Waals surface area contributed by atoms with E-state index in [1.165, 1.54) is 11.2 Å². The van der Waals surface area contributed by atoms with Crippen molar-refractivity contribution in [2.24, 2.45) is 17.6 Å². The number of nitrogens with two attached hydrogens (primary N) is 1. The minimum atomic E-state index is -2.65. The number of anilines is 1. The third kappa shape index (κ3) is 3.75. The molecule has 218 valence electrons. The molecule has 1 amide bonds. The summed E-state index contributed by atoms with van der Waals surface area (Å²) in [6.45, 7) is 0. The zero-order valence-electron chi connectivity index (χ0n) is 23.4. The van der Waals surface area contributed by atoms with E-state index in [4.69, 9.17) is 14.6 Å². The van der Waals surface area contributed by atoms with Gasteiger partial charge in [-0.15, -0.1) is 0 Å². The second-order valence-corrected chi connectivity index (χ2v) is 11.4. The maximum absolute atomic E-state index is 14.2. The van der Waals surface area contributed by atoms with Gasteiger partial charge in [0.05, 0.1) is 17.9 Å². The molecule has 3 aliphatic carbocycles. The summed E-state index contributed by atoms with van der Waals surface area (Å²) in [6, 6.07) is 4.23. The van der Waals surface area contributed by atoms with E-state index in [9.17, 15) is 29.7 Å². The molecule has 0 spiro atoms. The van der Waals surface area contributed by atoms with Gasteiger partial charge in [0, 0.05) is 37.3 Å². The molecule has 4 atom stereocenters. The van der Waals surface area contributed by atoms with E-state index in [0.717, 1.165) is 5.69 Å². The summed E-state index contributed by atoms with van der Waals surface area (Å²) in [4.78, 5) is 47.6. The van der Waals surface area contributed by atoms with E-state index in [1.54, 1.807) is 38.4 Å². The van der Waals surface area contributed by atoms with Gasteiger partial charge in [0.2, 0.25) is 11.7 Å². The normalized spacial score (nSPS) is 25.8. The molecule has 0 radical (unpaired) electrons. The first-order chi connectivity index (χ1) is 19.9. The molecule has 3 aromatic rings. The summed E-state index contributed by atoms with van der Waals surface area (Å²) >= 11 is 0. The van der Waals surface area contributed by atoms with Crippen LogP contribution in [-0.4, -0.2) is 82.5 Å². The average Bonchev–Trinajstić information content (AvgIpc) is 3.58. The standard InChI is InChI=1S/C30H30N4O8/c1-33(2)18-12-17-26(42-19(32-17)8-7-14-6-5-9-41-14)21-15(18)10-13-11-16-23(34(3)4)25(36)22(29(31)39)28(38)30(16,40)27(37)20(13)24(21)35/h5-9,12-13,16,23,35,38,40H,10-11H2,1-4H3,(H2,31,39)/b8-7+/t13-,16-,23-,30-/m0/s1. The van der Waals surface area contributed by atoms with Gasteiger partial charge in [-0.3, -0.25) is 19.3 Å². The highest BCUT2D eigenvalue weighted by Crippen LogP contribution is 2.53. The van der Waals surface area contributed by atoms with Crippen molar-refractivity contribution >= 4 is 52.2 Å². The zero-order chi connectivity index (χ0) is 30.2. The number of aliphatic hydroxyl groups is 3. The average molecular weight is 575 g/mol. The number of hydrogen-bond donors (Lipinski definition) is 4. The Morgan fingerprint density at radius 3 is 2.55 bits per heavy atom. The van der Waals surface area contributed by atoms with E-state index >= 15 is 0 Å². The van der Waals surface area contributed by atoms with Crippen molar-refractivity contribution in [2.45, 2.75) is 24.5 Å². The number of carbonyl (C=O) groups is 3. The number of likely N-dealkylation sites (N-methyl/N-ethyl adjacent to an activating group) is 1. The monoisotopic (exact) mass is 574 g/mol. The van der Waals surface area contributed by atoms with E-state index in [-0.39, 0.29) is 35.5 Å². The molecule has 0 unspecified atom stereocenters. The summed E-state index contributed by atoms with van der Waals surface area (Å²) < 4.78 is 11.4. The minimum absolute atomic E-state index is 0.0597. The van der Waals surface area contributed by atoms with Crippen molar-refractivity contribution in [2.75, 3.05) is 33.1 Å². The number of benzene rings is 1. The third-order valence-electron chi connectivity index (χ3n) is 8.51. The van der Waals surface area contributed by atoms with Gasteiger partial charge < -0.3 is 34.8 Å². The van der Waals surface area contributed by atoms with Gasteiger partial charge in [0.25, 0.3) is 5.91 Å². The van der Waals surface area contributed by atoms with Crippen molar-refractivity contribution in [1.29, 1.82) is 0 Å². The van der Waals surface area contributed by atoms with Gasteiger partial charge in [-0.1, -0.05) is 0 Å². The Morgan fingerprint density at radius 1 is 1.19 bits per heavy atom. The number of amides is 1. The number of primary amides is 1. The van der Waals surface area contributed by atoms with Crippen LogP contribution in [0.3, 0.4) is 0 Å². The maximum atomic E-state index is 14.2. The van der Waals surface area contributed by atoms with Crippen LogP contribution >= 0.6 is 0 Å². The molecule has 0 bridgehead atoms. The van der Waals surface area contributed by atoms with Crippen LogP contribution in [0.1, 0.15) is 29.2 Å². The number of oxazole rings is 1. The van der Waals surface area contributed by atoms with Gasteiger partial charge in [0.1, 0.15) is 28.4 Å². The fraction of sp³-hybridized carbons (Fsp3) is 0.333. The van der Waals surface area contributed by atoms with Crippen LogP contribution in [0.5, 0.6) is 0 Å². The molecule has 2 aromatic heterocycles. The molecule has 5 N–H and O–H groups in total. The highest BCUT2D eigenvalue weighted by atomic mass is 16.4. The maximum Gasteiger partial charge on any atom is 0.255 e. The number of ketones is 2. The van der Waals surface area contributed by atoms with Crippen LogP contribution in [0.2, 0.25) is 0 Å². The smallest absolute Gasteiger partial charge is 0.255 e. The number of carbonyl (C=O) groups excluding carboxylic acids is 3. The van der Waals surface area contributed by atoms with Gasteiger partial charge in [-0.2, -0.15) is 0 Å². The Balaban J connectivity index is 1.56. The van der Waals surface area contributed by atoms with Gasteiger partial charge in [-0.25, -0.2) is 4.98 Å². The topological polar surface area (TPSA) is 184 Å². The number of aliphatic hydroxyl groups excluding tert-OH is 2. The van der Waals surface area contributed by atoms with E-state index in [1.807, 2.05) is 25.1 Å². The highest BCUT2D eigenvalue weighted by Gasteiger charge is 2.64. The number of furan rings is 1. The van der Waals surface area contributed by atoms with Crippen LogP contribution in [0, 0.1) is 11.8 Å². The molecule has 12 heteroatoms. The molecule has 1 fully saturated rings. The minimum Gasteiger partial charge on any atom is -0.508 e. The SMILES string of the molecule is CN(C)c1cc2nc(/C=C/c3ccco3)oc2c2c1C[C@H]1C[C@H]3[C@H](N(C)C)C(=O)C(C(N)=O)=C(O)[C@@]3(O)C(=O)C1=C2O. The molecule has 42 heavy (non-hydrogen) atoms. The summed E-state index contributed by atoms with van der Waals surface area (Å²) in [6.07, 6.45) is 5.16. The van der Waals surface area contributed by atoms with Crippen molar-refractivity contribution in [3.05, 3.63) is 64.1 Å². The van der Waals surface area contributed by atoms with Gasteiger partial charge >= 0.3 is 0 Å². The largest absolute Gasteiger partial charge is 0.508 e. The Kier molecular flexibility index (Phi) is 6.17. The third-order valence-corrected chi connectivity index (χ3v) is 8.51. The molecule has 0 aliphatic heterocycles. The molecular formula is C30H30N4O8. The van der Waals surface area contributed by atoms with Crippen LogP contribution < -0.4 is 10.6 Å². The van der Waals surface area contributed by atoms with Crippen molar-refractivity contribution in [3.63, 3.8) is 0 Å². The number of hydrogen-bond acceptors (Lipinski definition) is 11. The lowest BCUT2D eigenvalue weighted by molar-refractivity contribution is -0.153. The number of nitrogens with zero attached hydrogens (tertiary/aromatic N) is 3. The number of fused-ring (bicyclic) bond motifs is 5. The summed E-state index contributed by atoms with van der Waals surface area (Å²) in [5, 5.41) is 34.7. The fourth-order valence-electron chi connectivity index (χ4n) is 6.71. The molecule has 6 rings (SSSR count). The van der Waals surface area contributed by atoms with Crippen molar-refractivity contribution in [3.8, 4) is 0 Å². The zero-order valence-corrected chi connectivity index (χ0v) is 23.4. The first-order valence-electron chi connectivity index (χ1n) is 13.4. The van der Waals surface area contributed by atoms with E-state index in [0.29, 0.717) is 16.8 Å². The Bertz CT molecular complexity index is 1760. The molecule has 0 saturated heterocycles. The molecule has 1 aromatic carbocycles. The molecule has 2 heterocycles. The summed E-state index contributed by atoms with van der Waals surface area (Å²) in [5.41, 5.74) is 4.18. The van der Waals surface area contributed by atoms with Crippen molar-refractivity contribution in [1.82, 2.24) is 9.88 Å². The number of rotatable bonds is 5. The highest BCUT2D eigenvalue weighted by molar-refractivity contribution is 6.24. The number of aromatic nitrogens is 1. The van der Waals surface area contributed by atoms with E-state index in [2.05, 4.69) is 4.98 Å². The second-order valence-electron chi connectivity index (χ2n) is 11.4.